The molecule has 0 aliphatic heterocycles. The SMILES string of the molecule is C[C@H](Sc1nc2sc3c(c2c(=O)n1C1CCCC1)CCCC3)C(=O)NNC(=O)c1ccccc1. The van der Waals surface area contributed by atoms with Crippen molar-refractivity contribution in [3.63, 3.8) is 0 Å². The predicted octanol–water partition coefficient (Wildman–Crippen LogP) is 4.39. The van der Waals surface area contributed by atoms with Crippen LogP contribution in [0.3, 0.4) is 0 Å². The minimum Gasteiger partial charge on any atom is -0.284 e. The van der Waals surface area contributed by atoms with Crippen molar-refractivity contribution in [2.75, 3.05) is 0 Å². The molecule has 2 heterocycles. The molecule has 0 spiro atoms. The number of aromatic nitrogens is 2. The average Bonchev–Trinajstić information content (AvgIpc) is 3.50. The van der Waals surface area contributed by atoms with Crippen LogP contribution in [0.1, 0.15) is 72.3 Å². The van der Waals surface area contributed by atoms with Gasteiger partial charge in [-0.25, -0.2) is 4.98 Å². The quantitative estimate of drug-likeness (QED) is 0.310. The molecule has 5 rings (SSSR count). The number of hydrazine groups is 1. The Balaban J connectivity index is 1.39. The number of hydrogen-bond acceptors (Lipinski definition) is 6. The third kappa shape index (κ3) is 4.51. The highest BCUT2D eigenvalue weighted by Crippen LogP contribution is 2.38. The highest BCUT2D eigenvalue weighted by Gasteiger charge is 2.28. The van der Waals surface area contributed by atoms with E-state index < -0.39 is 5.25 Å². The fourth-order valence-corrected chi connectivity index (χ4v) is 7.14. The normalized spacial score (nSPS) is 16.9. The van der Waals surface area contributed by atoms with Gasteiger partial charge >= 0.3 is 0 Å². The van der Waals surface area contributed by atoms with E-state index in [-0.39, 0.29) is 23.4 Å². The lowest BCUT2D eigenvalue weighted by atomic mass is 9.97. The van der Waals surface area contributed by atoms with Gasteiger partial charge in [-0.3, -0.25) is 29.8 Å². The molecular formula is C25H28N4O3S2. The molecule has 2 amide bonds. The highest BCUT2D eigenvalue weighted by atomic mass is 32.2. The molecule has 3 aromatic rings. The first-order valence-corrected chi connectivity index (χ1v) is 13.6. The van der Waals surface area contributed by atoms with Gasteiger partial charge in [0.05, 0.1) is 10.6 Å². The molecule has 9 heteroatoms. The zero-order chi connectivity index (χ0) is 23.7. The second-order valence-corrected chi connectivity index (χ2v) is 11.4. The first kappa shape index (κ1) is 23.1. The number of aryl methyl sites for hydroxylation is 2. The van der Waals surface area contributed by atoms with Crippen LogP contribution in [0.15, 0.2) is 40.3 Å². The van der Waals surface area contributed by atoms with Gasteiger partial charge < -0.3 is 0 Å². The van der Waals surface area contributed by atoms with Crippen molar-refractivity contribution in [3.8, 4) is 0 Å². The summed E-state index contributed by atoms with van der Waals surface area (Å²) < 4.78 is 1.86. The van der Waals surface area contributed by atoms with E-state index in [1.807, 2.05) is 10.6 Å². The second-order valence-electron chi connectivity index (χ2n) is 8.97. The van der Waals surface area contributed by atoms with E-state index in [1.54, 1.807) is 42.5 Å². The maximum Gasteiger partial charge on any atom is 0.269 e. The van der Waals surface area contributed by atoms with Gasteiger partial charge in [-0.1, -0.05) is 42.8 Å². The molecule has 178 valence electrons. The van der Waals surface area contributed by atoms with Crippen molar-refractivity contribution in [2.24, 2.45) is 0 Å². The molecule has 2 N–H and O–H groups in total. The van der Waals surface area contributed by atoms with Gasteiger partial charge in [0.25, 0.3) is 17.4 Å². The molecule has 1 atom stereocenters. The first-order valence-electron chi connectivity index (χ1n) is 11.9. The molecule has 0 bridgehead atoms. The topological polar surface area (TPSA) is 93.1 Å². The Kier molecular flexibility index (Phi) is 6.74. The van der Waals surface area contributed by atoms with Crippen LogP contribution in [0.2, 0.25) is 0 Å². The van der Waals surface area contributed by atoms with Gasteiger partial charge in [0, 0.05) is 16.5 Å². The van der Waals surface area contributed by atoms with Gasteiger partial charge in [-0.05, 0) is 63.1 Å². The Morgan fingerprint density at radius 2 is 1.82 bits per heavy atom. The Morgan fingerprint density at radius 3 is 2.59 bits per heavy atom. The summed E-state index contributed by atoms with van der Waals surface area (Å²) in [4.78, 5) is 45.8. The van der Waals surface area contributed by atoms with E-state index in [2.05, 4.69) is 10.9 Å². The van der Waals surface area contributed by atoms with Crippen LogP contribution in [0, 0.1) is 0 Å². The number of thioether (sulfide) groups is 1. The van der Waals surface area contributed by atoms with Crippen molar-refractivity contribution in [3.05, 3.63) is 56.7 Å². The third-order valence-corrected chi connectivity index (χ3v) is 8.92. The molecule has 2 aliphatic carbocycles. The molecule has 7 nitrogen and oxygen atoms in total. The number of nitrogens with zero attached hydrogens (tertiary/aromatic N) is 2. The summed E-state index contributed by atoms with van der Waals surface area (Å²) in [6.45, 7) is 1.77. The number of rotatable bonds is 5. The summed E-state index contributed by atoms with van der Waals surface area (Å²) in [5, 5.41) is 0.853. The number of benzene rings is 1. The Labute approximate surface area is 206 Å². The maximum absolute atomic E-state index is 13.8. The molecule has 0 saturated heterocycles. The van der Waals surface area contributed by atoms with Crippen molar-refractivity contribution >= 4 is 45.1 Å². The average molecular weight is 497 g/mol. The summed E-state index contributed by atoms with van der Waals surface area (Å²) in [5.74, 6) is -0.718. The molecule has 2 aliphatic rings. The molecule has 2 aromatic heterocycles. The minimum atomic E-state index is -0.539. The summed E-state index contributed by atoms with van der Waals surface area (Å²) in [5.41, 5.74) is 6.69. The number of fused-ring (bicyclic) bond motifs is 3. The van der Waals surface area contributed by atoms with Crippen molar-refractivity contribution in [1.82, 2.24) is 20.4 Å². The minimum absolute atomic E-state index is 0.0452. The van der Waals surface area contributed by atoms with Gasteiger partial charge in [-0.15, -0.1) is 11.3 Å². The van der Waals surface area contributed by atoms with Crippen LogP contribution in [0.5, 0.6) is 0 Å². The number of hydrogen-bond donors (Lipinski definition) is 2. The molecule has 1 saturated carbocycles. The fraction of sp³-hybridized carbons (Fsp3) is 0.440. The van der Waals surface area contributed by atoms with E-state index in [4.69, 9.17) is 4.98 Å². The smallest absolute Gasteiger partial charge is 0.269 e. The summed E-state index contributed by atoms with van der Waals surface area (Å²) in [6, 6.07) is 8.84. The van der Waals surface area contributed by atoms with Crippen LogP contribution in [-0.2, 0) is 17.6 Å². The molecule has 1 fully saturated rings. The first-order chi connectivity index (χ1) is 16.5. The standard InChI is InChI=1S/C25H28N4O3S2/c1-15(21(30)27-28-22(31)16-9-3-2-4-10-16)33-25-26-23-20(18-13-7-8-14-19(18)34-23)24(32)29(25)17-11-5-6-12-17/h2-4,9-10,15,17H,5-8,11-14H2,1H3,(H,27,30)(H,28,31)/t15-/m0/s1. The Bertz CT molecular complexity index is 1280. The third-order valence-electron chi connectivity index (χ3n) is 6.67. The molecular weight excluding hydrogens is 468 g/mol. The van der Waals surface area contributed by atoms with Crippen LogP contribution in [0.25, 0.3) is 10.2 Å². The lowest BCUT2D eigenvalue weighted by molar-refractivity contribution is -0.121. The fourth-order valence-electron chi connectivity index (χ4n) is 4.86. The van der Waals surface area contributed by atoms with Crippen LogP contribution in [-0.4, -0.2) is 26.6 Å². The zero-order valence-electron chi connectivity index (χ0n) is 19.1. The predicted molar refractivity (Wildman–Crippen MR) is 135 cm³/mol. The van der Waals surface area contributed by atoms with E-state index in [0.717, 1.165) is 61.6 Å². The van der Waals surface area contributed by atoms with Gasteiger partial charge in [0.2, 0.25) is 0 Å². The van der Waals surface area contributed by atoms with Crippen LogP contribution in [0.4, 0.5) is 0 Å². The van der Waals surface area contributed by atoms with Crippen LogP contribution < -0.4 is 16.4 Å². The van der Waals surface area contributed by atoms with E-state index >= 15 is 0 Å². The largest absolute Gasteiger partial charge is 0.284 e. The zero-order valence-corrected chi connectivity index (χ0v) is 20.8. The number of amides is 2. The van der Waals surface area contributed by atoms with Gasteiger partial charge in [-0.2, -0.15) is 0 Å². The lowest BCUT2D eigenvalue weighted by Crippen LogP contribution is -2.45. The maximum atomic E-state index is 13.8. The Morgan fingerprint density at radius 1 is 1.09 bits per heavy atom. The van der Waals surface area contributed by atoms with Crippen molar-refractivity contribution < 1.29 is 9.59 Å². The van der Waals surface area contributed by atoms with E-state index in [1.165, 1.54) is 22.2 Å². The number of carbonyl (C=O) groups excluding carboxylic acids is 2. The van der Waals surface area contributed by atoms with E-state index in [9.17, 15) is 14.4 Å². The number of thiophene rings is 1. The monoisotopic (exact) mass is 496 g/mol. The lowest BCUT2D eigenvalue weighted by Gasteiger charge is -2.20. The molecule has 1 aromatic carbocycles. The highest BCUT2D eigenvalue weighted by molar-refractivity contribution is 8.00. The molecule has 0 radical (unpaired) electrons. The van der Waals surface area contributed by atoms with E-state index in [0.29, 0.717) is 10.7 Å². The summed E-state index contributed by atoms with van der Waals surface area (Å²) in [7, 11) is 0. The van der Waals surface area contributed by atoms with Crippen molar-refractivity contribution in [1.29, 1.82) is 0 Å². The van der Waals surface area contributed by atoms with Gasteiger partial charge in [0.15, 0.2) is 5.16 Å². The molecule has 0 unspecified atom stereocenters. The van der Waals surface area contributed by atoms with Crippen LogP contribution >= 0.6 is 23.1 Å². The summed E-state index contributed by atoms with van der Waals surface area (Å²) in [6.07, 6.45) is 8.35. The Hall–Kier alpha value is -2.65. The number of nitrogens with one attached hydrogen (secondary N) is 2. The number of carbonyl (C=O) groups is 2. The second kappa shape index (κ2) is 9.92. The van der Waals surface area contributed by atoms with Gasteiger partial charge in [0.1, 0.15) is 4.83 Å². The van der Waals surface area contributed by atoms with Crippen molar-refractivity contribution in [2.45, 2.75) is 74.7 Å². The molecule has 34 heavy (non-hydrogen) atoms. The summed E-state index contributed by atoms with van der Waals surface area (Å²) >= 11 is 2.91.